The highest BCUT2D eigenvalue weighted by Crippen LogP contribution is 2.26. The first kappa shape index (κ1) is 12.8. The number of carboxylic acids is 1. The lowest BCUT2D eigenvalue weighted by atomic mass is 10.1. The topological polar surface area (TPSA) is 69.6 Å². The summed E-state index contributed by atoms with van der Waals surface area (Å²) < 4.78 is 13.4. The van der Waals surface area contributed by atoms with E-state index in [2.05, 4.69) is 5.32 Å². The van der Waals surface area contributed by atoms with E-state index in [1.54, 1.807) is 6.07 Å². The summed E-state index contributed by atoms with van der Waals surface area (Å²) in [5.74, 6) is -1.61. The van der Waals surface area contributed by atoms with E-state index in [9.17, 15) is 14.3 Å². The summed E-state index contributed by atoms with van der Waals surface area (Å²) in [6.07, 6.45) is 2.33. The molecule has 3 N–H and O–H groups in total. The first-order valence-corrected chi connectivity index (χ1v) is 6.01. The Morgan fingerprint density at radius 3 is 2.78 bits per heavy atom. The Kier molecular flexibility index (Phi) is 3.81. The van der Waals surface area contributed by atoms with Crippen LogP contribution in [-0.4, -0.2) is 28.8 Å². The van der Waals surface area contributed by atoms with Crippen LogP contribution in [0.5, 0.6) is 0 Å². The maximum absolute atomic E-state index is 13.4. The van der Waals surface area contributed by atoms with E-state index in [0.717, 1.165) is 19.3 Å². The summed E-state index contributed by atoms with van der Waals surface area (Å²) in [6, 6.07) is 4.00. The van der Waals surface area contributed by atoms with Gasteiger partial charge in [-0.05, 0) is 43.4 Å². The molecule has 98 valence electrons. The number of halogens is 1. The van der Waals surface area contributed by atoms with Gasteiger partial charge in [0.2, 0.25) is 0 Å². The minimum absolute atomic E-state index is 0.220. The van der Waals surface area contributed by atoms with Gasteiger partial charge < -0.3 is 15.5 Å². The first-order valence-electron chi connectivity index (χ1n) is 6.01. The number of aliphatic hydroxyl groups excluding tert-OH is 1. The lowest BCUT2D eigenvalue weighted by Gasteiger charge is -2.12. The summed E-state index contributed by atoms with van der Waals surface area (Å²) in [7, 11) is 0. The van der Waals surface area contributed by atoms with E-state index in [0.29, 0.717) is 18.2 Å². The van der Waals surface area contributed by atoms with Crippen molar-refractivity contribution in [3.05, 3.63) is 29.6 Å². The lowest BCUT2D eigenvalue weighted by Crippen LogP contribution is -2.13. The normalized spacial score (nSPS) is 23.0. The number of hydrogen-bond donors (Lipinski definition) is 3. The van der Waals surface area contributed by atoms with Crippen molar-refractivity contribution in [3.8, 4) is 0 Å². The Hall–Kier alpha value is -1.62. The molecule has 1 fully saturated rings. The maximum Gasteiger partial charge on any atom is 0.338 e. The van der Waals surface area contributed by atoms with Crippen LogP contribution >= 0.6 is 0 Å². The SMILES string of the molecule is O=C(O)c1ccc(NCC2CCC(O)C2)cc1F. The zero-order valence-corrected chi connectivity index (χ0v) is 9.90. The van der Waals surface area contributed by atoms with Gasteiger partial charge in [0.15, 0.2) is 0 Å². The molecule has 0 spiro atoms. The third-order valence-electron chi connectivity index (χ3n) is 3.31. The quantitative estimate of drug-likeness (QED) is 0.768. The van der Waals surface area contributed by atoms with E-state index >= 15 is 0 Å². The highest BCUT2D eigenvalue weighted by atomic mass is 19.1. The average Bonchev–Trinajstić information content (AvgIpc) is 2.72. The number of carbonyl (C=O) groups is 1. The van der Waals surface area contributed by atoms with Gasteiger partial charge in [0.25, 0.3) is 0 Å². The molecule has 0 heterocycles. The molecule has 0 bridgehead atoms. The molecule has 1 aromatic carbocycles. The minimum atomic E-state index is -1.27. The summed E-state index contributed by atoms with van der Waals surface area (Å²) >= 11 is 0. The largest absolute Gasteiger partial charge is 0.478 e. The standard InChI is InChI=1S/C13H16FNO3/c14-12-6-9(2-4-11(12)13(17)18)15-7-8-1-3-10(16)5-8/h2,4,6,8,10,15-16H,1,3,5,7H2,(H,17,18). The van der Waals surface area contributed by atoms with E-state index in [4.69, 9.17) is 5.11 Å². The van der Waals surface area contributed by atoms with E-state index in [1.807, 2.05) is 0 Å². The van der Waals surface area contributed by atoms with Gasteiger partial charge in [-0.15, -0.1) is 0 Å². The first-order chi connectivity index (χ1) is 8.56. The van der Waals surface area contributed by atoms with Crippen LogP contribution in [0.25, 0.3) is 0 Å². The summed E-state index contributed by atoms with van der Waals surface area (Å²) in [4.78, 5) is 10.6. The van der Waals surface area contributed by atoms with E-state index < -0.39 is 11.8 Å². The second-order valence-corrected chi connectivity index (χ2v) is 4.71. The second kappa shape index (κ2) is 5.35. The van der Waals surface area contributed by atoms with Crippen molar-refractivity contribution in [3.63, 3.8) is 0 Å². The van der Waals surface area contributed by atoms with Crippen molar-refractivity contribution in [2.75, 3.05) is 11.9 Å². The highest BCUT2D eigenvalue weighted by Gasteiger charge is 2.22. The van der Waals surface area contributed by atoms with Crippen LogP contribution in [0.2, 0.25) is 0 Å². The fourth-order valence-electron chi connectivity index (χ4n) is 2.29. The molecule has 1 aliphatic carbocycles. The number of anilines is 1. The zero-order chi connectivity index (χ0) is 13.1. The minimum Gasteiger partial charge on any atom is -0.478 e. The summed E-state index contributed by atoms with van der Waals surface area (Å²) in [5.41, 5.74) is 0.246. The molecule has 4 nitrogen and oxygen atoms in total. The Labute approximate surface area is 104 Å². The van der Waals surface area contributed by atoms with Gasteiger partial charge in [0, 0.05) is 12.2 Å². The van der Waals surface area contributed by atoms with Gasteiger partial charge in [-0.3, -0.25) is 0 Å². The Morgan fingerprint density at radius 1 is 1.44 bits per heavy atom. The molecule has 2 atom stereocenters. The van der Waals surface area contributed by atoms with Crippen molar-refractivity contribution >= 4 is 11.7 Å². The Bertz CT molecular complexity index is 450. The number of carboxylic acid groups (broad SMARTS) is 1. The molecule has 2 rings (SSSR count). The molecule has 1 aromatic rings. The van der Waals surface area contributed by atoms with Crippen molar-refractivity contribution in [1.82, 2.24) is 0 Å². The van der Waals surface area contributed by atoms with Gasteiger partial charge >= 0.3 is 5.97 Å². The average molecular weight is 253 g/mol. The van der Waals surface area contributed by atoms with Crippen LogP contribution < -0.4 is 5.32 Å². The molecular formula is C13H16FNO3. The van der Waals surface area contributed by atoms with Gasteiger partial charge in [-0.25, -0.2) is 9.18 Å². The predicted molar refractivity (Wildman–Crippen MR) is 65.2 cm³/mol. The number of benzene rings is 1. The van der Waals surface area contributed by atoms with Crippen LogP contribution in [0, 0.1) is 11.7 Å². The van der Waals surface area contributed by atoms with E-state index in [1.165, 1.54) is 12.1 Å². The maximum atomic E-state index is 13.4. The zero-order valence-electron chi connectivity index (χ0n) is 9.90. The fraction of sp³-hybridized carbons (Fsp3) is 0.462. The second-order valence-electron chi connectivity index (χ2n) is 4.71. The summed E-state index contributed by atoms with van der Waals surface area (Å²) in [6.45, 7) is 0.670. The molecule has 2 unspecified atom stereocenters. The smallest absolute Gasteiger partial charge is 0.338 e. The van der Waals surface area contributed by atoms with Gasteiger partial charge in [-0.1, -0.05) is 0 Å². The van der Waals surface area contributed by atoms with Gasteiger partial charge in [0.05, 0.1) is 11.7 Å². The molecule has 1 saturated carbocycles. The number of hydrogen-bond acceptors (Lipinski definition) is 3. The molecule has 5 heteroatoms. The summed E-state index contributed by atoms with van der Waals surface area (Å²) in [5, 5.41) is 21.2. The predicted octanol–water partition coefficient (Wildman–Crippen LogP) is 2.10. The number of aromatic carboxylic acids is 1. The van der Waals surface area contributed by atoms with Crippen LogP contribution in [-0.2, 0) is 0 Å². The molecule has 0 aromatic heterocycles. The highest BCUT2D eigenvalue weighted by molar-refractivity contribution is 5.88. The molecule has 0 radical (unpaired) electrons. The van der Waals surface area contributed by atoms with Crippen LogP contribution in [0.4, 0.5) is 10.1 Å². The Balaban J connectivity index is 1.94. The Morgan fingerprint density at radius 2 is 2.22 bits per heavy atom. The molecular weight excluding hydrogens is 237 g/mol. The molecule has 0 aliphatic heterocycles. The number of nitrogens with one attached hydrogen (secondary N) is 1. The van der Waals surface area contributed by atoms with Crippen LogP contribution in [0.1, 0.15) is 29.6 Å². The van der Waals surface area contributed by atoms with Crippen LogP contribution in [0.3, 0.4) is 0 Å². The van der Waals surface area contributed by atoms with Crippen molar-refractivity contribution in [2.45, 2.75) is 25.4 Å². The van der Waals surface area contributed by atoms with Crippen molar-refractivity contribution in [1.29, 1.82) is 0 Å². The monoisotopic (exact) mass is 253 g/mol. The number of rotatable bonds is 4. The third kappa shape index (κ3) is 2.98. The van der Waals surface area contributed by atoms with E-state index in [-0.39, 0.29) is 11.7 Å². The fourth-order valence-corrected chi connectivity index (χ4v) is 2.29. The molecule has 0 amide bonds. The van der Waals surface area contributed by atoms with Crippen molar-refractivity contribution < 1.29 is 19.4 Å². The van der Waals surface area contributed by atoms with Crippen LogP contribution in [0.15, 0.2) is 18.2 Å². The molecule has 18 heavy (non-hydrogen) atoms. The molecule has 0 saturated heterocycles. The molecule has 1 aliphatic rings. The lowest BCUT2D eigenvalue weighted by molar-refractivity contribution is 0.0692. The third-order valence-corrected chi connectivity index (χ3v) is 3.31. The van der Waals surface area contributed by atoms with Crippen molar-refractivity contribution in [2.24, 2.45) is 5.92 Å². The van der Waals surface area contributed by atoms with Gasteiger partial charge in [0.1, 0.15) is 5.82 Å². The number of aliphatic hydroxyl groups is 1. The van der Waals surface area contributed by atoms with Gasteiger partial charge in [-0.2, -0.15) is 0 Å².